The minimum Gasteiger partial charge on any atom is -0.394 e. The third-order valence-corrected chi connectivity index (χ3v) is 2.86. The third kappa shape index (κ3) is 4.38. The Morgan fingerprint density at radius 3 is 2.22 bits per heavy atom. The molecule has 0 aliphatic carbocycles. The molecule has 0 saturated carbocycles. The zero-order chi connectivity index (χ0) is 13.5. The summed E-state index contributed by atoms with van der Waals surface area (Å²) in [5, 5.41) is 28.2. The summed E-state index contributed by atoms with van der Waals surface area (Å²) >= 11 is 0. The fourth-order valence-corrected chi connectivity index (χ4v) is 1.78. The van der Waals surface area contributed by atoms with Crippen molar-refractivity contribution < 1.29 is 20.1 Å². The van der Waals surface area contributed by atoms with Gasteiger partial charge in [0.15, 0.2) is 0 Å². The van der Waals surface area contributed by atoms with Gasteiger partial charge in [0.1, 0.15) is 12.2 Å². The van der Waals surface area contributed by atoms with Gasteiger partial charge in [-0.1, -0.05) is 44.2 Å². The second kappa shape index (κ2) is 7.48. The molecule has 1 aromatic carbocycles. The maximum Gasteiger partial charge on any atom is 0.108 e. The smallest absolute Gasteiger partial charge is 0.108 e. The van der Waals surface area contributed by atoms with E-state index in [0.29, 0.717) is 6.61 Å². The monoisotopic (exact) mass is 254 g/mol. The molecule has 4 nitrogen and oxygen atoms in total. The Balaban J connectivity index is 2.58. The van der Waals surface area contributed by atoms with Crippen LogP contribution in [0.2, 0.25) is 0 Å². The molecule has 3 atom stereocenters. The van der Waals surface area contributed by atoms with Gasteiger partial charge in [-0.25, -0.2) is 0 Å². The highest BCUT2D eigenvalue weighted by Crippen LogP contribution is 2.16. The van der Waals surface area contributed by atoms with E-state index in [0.717, 1.165) is 5.56 Å². The van der Waals surface area contributed by atoms with Crippen molar-refractivity contribution in [2.24, 2.45) is 5.92 Å². The molecule has 4 heteroatoms. The van der Waals surface area contributed by atoms with E-state index in [2.05, 4.69) is 0 Å². The molecule has 0 aromatic heterocycles. The summed E-state index contributed by atoms with van der Waals surface area (Å²) in [5.74, 6) is 0.0462. The number of rotatable bonds is 7. The standard InChI is InChI=1S/C14H22O4/c1-10(2)14(13(17)12(16)8-15)18-9-11-6-4-3-5-7-11/h3-7,10,12-17H,8-9H2,1-2H3/t12-,13+,14-/m1/s1. The number of aliphatic hydroxyl groups is 3. The lowest BCUT2D eigenvalue weighted by Gasteiger charge is -2.29. The Kier molecular flexibility index (Phi) is 6.29. The summed E-state index contributed by atoms with van der Waals surface area (Å²) in [5.41, 5.74) is 1.01. The van der Waals surface area contributed by atoms with Crippen LogP contribution < -0.4 is 0 Å². The molecule has 0 saturated heterocycles. The van der Waals surface area contributed by atoms with E-state index in [-0.39, 0.29) is 5.92 Å². The molecule has 0 heterocycles. The largest absolute Gasteiger partial charge is 0.394 e. The number of hydrogen-bond acceptors (Lipinski definition) is 4. The number of aliphatic hydroxyl groups excluding tert-OH is 3. The van der Waals surface area contributed by atoms with Crippen molar-refractivity contribution in [1.29, 1.82) is 0 Å². The maximum atomic E-state index is 9.89. The van der Waals surface area contributed by atoms with Crippen LogP contribution in [0, 0.1) is 5.92 Å². The van der Waals surface area contributed by atoms with Gasteiger partial charge in [-0.2, -0.15) is 0 Å². The number of benzene rings is 1. The Hall–Kier alpha value is -0.940. The van der Waals surface area contributed by atoms with Crippen molar-refractivity contribution in [1.82, 2.24) is 0 Å². The van der Waals surface area contributed by atoms with E-state index in [1.54, 1.807) is 0 Å². The lowest BCUT2D eigenvalue weighted by molar-refractivity contribution is -0.122. The van der Waals surface area contributed by atoms with Crippen LogP contribution >= 0.6 is 0 Å². The van der Waals surface area contributed by atoms with Gasteiger partial charge in [-0.15, -0.1) is 0 Å². The highest BCUT2D eigenvalue weighted by atomic mass is 16.5. The summed E-state index contributed by atoms with van der Waals surface area (Å²) in [4.78, 5) is 0. The summed E-state index contributed by atoms with van der Waals surface area (Å²) in [6, 6.07) is 9.64. The molecule has 0 unspecified atom stereocenters. The average molecular weight is 254 g/mol. The Labute approximate surface area is 108 Å². The number of hydrogen-bond donors (Lipinski definition) is 3. The van der Waals surface area contributed by atoms with E-state index >= 15 is 0 Å². The van der Waals surface area contributed by atoms with Crippen molar-refractivity contribution in [3.63, 3.8) is 0 Å². The second-order valence-corrected chi connectivity index (χ2v) is 4.75. The molecule has 102 valence electrons. The van der Waals surface area contributed by atoms with Gasteiger partial charge in [0.25, 0.3) is 0 Å². The van der Waals surface area contributed by atoms with Crippen LogP contribution in [-0.4, -0.2) is 40.2 Å². The second-order valence-electron chi connectivity index (χ2n) is 4.75. The van der Waals surface area contributed by atoms with E-state index in [1.807, 2.05) is 44.2 Å². The van der Waals surface area contributed by atoms with Crippen molar-refractivity contribution in [2.75, 3.05) is 6.61 Å². The van der Waals surface area contributed by atoms with Crippen LogP contribution in [0.4, 0.5) is 0 Å². The first-order valence-electron chi connectivity index (χ1n) is 6.18. The molecular formula is C14H22O4. The van der Waals surface area contributed by atoms with E-state index in [9.17, 15) is 10.2 Å². The third-order valence-electron chi connectivity index (χ3n) is 2.86. The first kappa shape index (κ1) is 15.1. The van der Waals surface area contributed by atoms with Crippen LogP contribution in [0.3, 0.4) is 0 Å². The fraction of sp³-hybridized carbons (Fsp3) is 0.571. The summed E-state index contributed by atoms with van der Waals surface area (Å²) < 4.78 is 5.65. The Bertz CT molecular complexity index is 326. The summed E-state index contributed by atoms with van der Waals surface area (Å²) in [6.45, 7) is 3.71. The lowest BCUT2D eigenvalue weighted by Crippen LogP contribution is -2.43. The van der Waals surface area contributed by atoms with E-state index in [1.165, 1.54) is 0 Å². The van der Waals surface area contributed by atoms with Gasteiger partial charge in [0, 0.05) is 0 Å². The van der Waals surface area contributed by atoms with Gasteiger partial charge >= 0.3 is 0 Å². The molecule has 0 bridgehead atoms. The first-order valence-corrected chi connectivity index (χ1v) is 6.18. The van der Waals surface area contributed by atoms with Crippen molar-refractivity contribution in [3.8, 4) is 0 Å². The molecule has 0 radical (unpaired) electrons. The highest BCUT2D eigenvalue weighted by Gasteiger charge is 2.29. The predicted molar refractivity (Wildman–Crippen MR) is 69.0 cm³/mol. The van der Waals surface area contributed by atoms with Crippen LogP contribution in [0.1, 0.15) is 19.4 Å². The van der Waals surface area contributed by atoms with Crippen LogP contribution in [0.25, 0.3) is 0 Å². The molecule has 0 aliphatic rings. The molecule has 0 aliphatic heterocycles. The summed E-state index contributed by atoms with van der Waals surface area (Å²) in [7, 11) is 0. The molecule has 0 spiro atoms. The average Bonchev–Trinajstić information content (AvgIpc) is 2.38. The minimum absolute atomic E-state index is 0.0462. The van der Waals surface area contributed by atoms with Crippen LogP contribution in [0.5, 0.6) is 0 Å². The van der Waals surface area contributed by atoms with Crippen molar-refractivity contribution >= 4 is 0 Å². The summed E-state index contributed by atoms with van der Waals surface area (Å²) in [6.07, 6.45) is -2.76. The van der Waals surface area contributed by atoms with E-state index < -0.39 is 24.9 Å². The molecule has 0 amide bonds. The zero-order valence-corrected chi connectivity index (χ0v) is 10.9. The minimum atomic E-state index is -1.17. The van der Waals surface area contributed by atoms with E-state index in [4.69, 9.17) is 9.84 Å². The SMILES string of the molecule is CC(C)[C@@H](OCc1ccccc1)[C@@H](O)[C@H](O)CO. The van der Waals surface area contributed by atoms with Crippen molar-refractivity contribution in [2.45, 2.75) is 38.8 Å². The molecular weight excluding hydrogens is 232 g/mol. The highest BCUT2D eigenvalue weighted by molar-refractivity contribution is 5.13. The molecule has 3 N–H and O–H groups in total. The van der Waals surface area contributed by atoms with Gasteiger partial charge < -0.3 is 20.1 Å². The molecule has 1 aromatic rings. The topological polar surface area (TPSA) is 69.9 Å². The number of ether oxygens (including phenoxy) is 1. The normalized spacial score (nSPS) is 16.6. The lowest BCUT2D eigenvalue weighted by atomic mass is 9.98. The molecule has 18 heavy (non-hydrogen) atoms. The van der Waals surface area contributed by atoms with Crippen LogP contribution in [0.15, 0.2) is 30.3 Å². The fourth-order valence-electron chi connectivity index (χ4n) is 1.78. The maximum absolute atomic E-state index is 9.89. The van der Waals surface area contributed by atoms with Gasteiger partial charge in [-0.3, -0.25) is 0 Å². The first-order chi connectivity index (χ1) is 8.56. The Morgan fingerprint density at radius 1 is 1.11 bits per heavy atom. The van der Waals surface area contributed by atoms with Gasteiger partial charge in [0.2, 0.25) is 0 Å². The Morgan fingerprint density at radius 2 is 1.72 bits per heavy atom. The van der Waals surface area contributed by atoms with Crippen LogP contribution in [-0.2, 0) is 11.3 Å². The van der Waals surface area contributed by atoms with Gasteiger partial charge in [0.05, 0.1) is 19.3 Å². The molecule has 1 rings (SSSR count). The predicted octanol–water partition coefficient (Wildman–Crippen LogP) is 0.942. The zero-order valence-electron chi connectivity index (χ0n) is 10.9. The quantitative estimate of drug-likeness (QED) is 0.677. The van der Waals surface area contributed by atoms with Gasteiger partial charge in [-0.05, 0) is 11.5 Å². The molecule has 0 fully saturated rings. The van der Waals surface area contributed by atoms with Crippen molar-refractivity contribution in [3.05, 3.63) is 35.9 Å².